The molecule has 0 aliphatic carbocycles. The van der Waals surface area contributed by atoms with Crippen LogP contribution in [0, 0.1) is 0 Å². The normalized spacial score (nSPS) is 13.7. The Labute approximate surface area is 384 Å². The van der Waals surface area contributed by atoms with Gasteiger partial charge in [-0.1, -0.05) is 91.0 Å². The molecular weight excluding hydrogens is 922 g/mol. The van der Waals surface area contributed by atoms with Gasteiger partial charge in [-0.05, 0) is 118 Å². The third kappa shape index (κ3) is 18.5. The van der Waals surface area contributed by atoms with Gasteiger partial charge in [0.25, 0.3) is 0 Å². The molecule has 342 valence electrons. The number of hydrogen-bond acceptors (Lipinski definition) is 15. The van der Waals surface area contributed by atoms with E-state index in [1.54, 1.807) is 119 Å². The summed E-state index contributed by atoms with van der Waals surface area (Å²) in [4.78, 5) is 14.5. The summed E-state index contributed by atoms with van der Waals surface area (Å²) in [5.74, 6) is 0. The molecule has 0 N–H and O–H groups in total. The Kier molecular flexibility index (Phi) is 20.6. The van der Waals surface area contributed by atoms with Gasteiger partial charge in [0.15, 0.2) is 15.5 Å². The van der Waals surface area contributed by atoms with Crippen LogP contribution in [-0.4, -0.2) is 66.7 Å². The minimum atomic E-state index is -4.10. The molecule has 0 aliphatic heterocycles. The van der Waals surface area contributed by atoms with Gasteiger partial charge in [-0.15, -0.1) is 0 Å². The van der Waals surface area contributed by atoms with Crippen molar-refractivity contribution in [2.75, 3.05) is 0 Å². The number of rotatable bonds is 21. The van der Waals surface area contributed by atoms with Crippen LogP contribution in [-0.2, 0) is 40.8 Å². The fraction of sp³-hybridized carbons (Fsp3) is 0.429. The Hall–Kier alpha value is -2.82. The molecule has 0 bridgehead atoms. The SMILES string of the molecule is CC(C)OP(=O)(/N=C(\Sc1nc(S/C(=N/P(=O)(OC(C)C)OC(C)C)c2ccccc2)nc(S/C(=N/P(=O)(OC(C)C)OC(C)C)c2ccccc2)n1)c1ccccc1)OC(C)C. The minimum Gasteiger partial charge on any atom is -0.288 e. The highest BCUT2D eigenvalue weighted by Crippen LogP contribution is 2.56. The predicted molar refractivity (Wildman–Crippen MR) is 256 cm³/mol. The molecule has 0 amide bonds. The van der Waals surface area contributed by atoms with Gasteiger partial charge in [-0.25, -0.2) is 13.7 Å². The van der Waals surface area contributed by atoms with Crippen molar-refractivity contribution in [3.05, 3.63) is 108 Å². The maximum Gasteiger partial charge on any atom is 0.455 e. The van der Waals surface area contributed by atoms with Gasteiger partial charge in [0, 0.05) is 16.7 Å². The summed E-state index contributed by atoms with van der Waals surface area (Å²) >= 11 is 2.99. The number of nitrogens with zero attached hydrogens (tertiary/aromatic N) is 6. The average molecular weight is 979 g/mol. The van der Waals surface area contributed by atoms with Crippen LogP contribution in [0.2, 0.25) is 0 Å². The first-order chi connectivity index (χ1) is 29.6. The van der Waals surface area contributed by atoms with Crippen LogP contribution in [0.4, 0.5) is 0 Å². The lowest BCUT2D eigenvalue weighted by atomic mass is 10.2. The molecule has 0 fully saturated rings. The zero-order chi connectivity index (χ0) is 46.4. The summed E-state index contributed by atoms with van der Waals surface area (Å²) in [6, 6.07) is 27.2. The van der Waals surface area contributed by atoms with Crippen LogP contribution >= 0.6 is 58.5 Å². The molecule has 1 heterocycles. The maximum absolute atomic E-state index is 14.3. The first kappa shape index (κ1) is 52.8. The Morgan fingerprint density at radius 2 is 0.571 bits per heavy atom. The molecule has 0 atom stereocenters. The second-order valence-corrected chi connectivity index (χ2v) is 22.7. The zero-order valence-corrected chi connectivity index (χ0v) is 42.7. The molecule has 1 aromatic heterocycles. The molecule has 0 radical (unpaired) electrons. The van der Waals surface area contributed by atoms with E-state index >= 15 is 0 Å². The van der Waals surface area contributed by atoms with E-state index in [1.807, 2.05) is 54.6 Å². The van der Waals surface area contributed by atoms with Gasteiger partial charge >= 0.3 is 23.2 Å². The predicted octanol–water partition coefficient (Wildman–Crippen LogP) is 13.4. The zero-order valence-electron chi connectivity index (χ0n) is 37.5. The van der Waals surface area contributed by atoms with E-state index in [1.165, 1.54) is 0 Å². The summed E-state index contributed by atoms with van der Waals surface area (Å²) in [5, 5.41) is 1.02. The molecule has 15 nitrogen and oxygen atoms in total. The summed E-state index contributed by atoms with van der Waals surface area (Å²) in [5.41, 5.74) is 1.75. The molecule has 4 aromatic rings. The molecule has 4 rings (SSSR count). The lowest BCUT2D eigenvalue weighted by Gasteiger charge is -2.20. The summed E-state index contributed by atoms with van der Waals surface area (Å²) in [7, 11) is -12.3. The molecule has 3 aromatic carbocycles. The van der Waals surface area contributed by atoms with E-state index in [2.05, 4.69) is 14.3 Å². The van der Waals surface area contributed by atoms with Crippen molar-refractivity contribution >= 4 is 73.7 Å². The van der Waals surface area contributed by atoms with E-state index < -0.39 is 59.9 Å². The quantitative estimate of drug-likeness (QED) is 0.0332. The van der Waals surface area contributed by atoms with Crippen molar-refractivity contribution in [1.29, 1.82) is 0 Å². The standard InChI is InChI=1S/C42H57N6O9P3S3/c1-28(2)52-58(49,53-29(3)4)46-37(34-22-16-13-17-23-34)61-40-43-41(62-38(35-24-18-14-19-25-35)47-59(50,54-30(5)6)55-31(7)8)45-42(44-40)63-39(36-26-20-15-21-27-36)48-60(51,56-32(9)10)57-33(11)12/h13-33H,1-12H3/b46-37-,47-38+,48-39+. The van der Waals surface area contributed by atoms with Crippen LogP contribution in [0.25, 0.3) is 0 Å². The van der Waals surface area contributed by atoms with E-state index in [4.69, 9.17) is 42.1 Å². The number of thioether (sulfide) groups is 3. The van der Waals surface area contributed by atoms with E-state index in [-0.39, 0.29) is 30.6 Å². The van der Waals surface area contributed by atoms with Crippen molar-refractivity contribution < 1.29 is 40.8 Å². The fourth-order valence-corrected chi connectivity index (χ4v) is 13.3. The Morgan fingerprint density at radius 3 is 0.746 bits per heavy atom. The summed E-state index contributed by atoms with van der Waals surface area (Å²) in [6.07, 6.45) is -2.91. The summed E-state index contributed by atoms with van der Waals surface area (Å²) < 4.78 is 91.7. The van der Waals surface area contributed by atoms with Gasteiger partial charge in [-0.2, -0.15) is 29.2 Å². The molecule has 0 spiro atoms. The van der Waals surface area contributed by atoms with Gasteiger partial charge in [-0.3, -0.25) is 27.1 Å². The number of benzene rings is 3. The highest BCUT2D eigenvalue weighted by molar-refractivity contribution is 8.15. The van der Waals surface area contributed by atoms with Crippen LogP contribution in [0.5, 0.6) is 0 Å². The molecule has 63 heavy (non-hydrogen) atoms. The van der Waals surface area contributed by atoms with Crippen LogP contribution in [0.1, 0.15) is 99.8 Å². The first-order valence-electron chi connectivity index (χ1n) is 20.3. The topological polar surface area (TPSA) is 182 Å². The van der Waals surface area contributed by atoms with Crippen molar-refractivity contribution in [3.8, 4) is 0 Å². The largest absolute Gasteiger partial charge is 0.455 e. The lowest BCUT2D eigenvalue weighted by Crippen LogP contribution is -2.10. The van der Waals surface area contributed by atoms with Crippen molar-refractivity contribution in [2.24, 2.45) is 14.3 Å². The van der Waals surface area contributed by atoms with Crippen LogP contribution in [0.3, 0.4) is 0 Å². The fourth-order valence-electron chi connectivity index (χ4n) is 5.02. The Morgan fingerprint density at radius 1 is 0.381 bits per heavy atom. The van der Waals surface area contributed by atoms with Gasteiger partial charge in [0.05, 0.1) is 36.6 Å². The van der Waals surface area contributed by atoms with E-state index in [0.717, 1.165) is 35.3 Å². The van der Waals surface area contributed by atoms with Gasteiger partial charge < -0.3 is 0 Å². The molecule has 0 saturated heterocycles. The van der Waals surface area contributed by atoms with Crippen LogP contribution in [0.15, 0.2) is 121 Å². The number of hydrogen-bond donors (Lipinski definition) is 0. The van der Waals surface area contributed by atoms with Crippen molar-refractivity contribution in [3.63, 3.8) is 0 Å². The molecular formula is C42H57N6O9P3S3. The first-order valence-corrected chi connectivity index (χ1v) is 27.2. The van der Waals surface area contributed by atoms with Crippen LogP contribution < -0.4 is 0 Å². The smallest absolute Gasteiger partial charge is 0.288 e. The minimum absolute atomic E-state index is 0.109. The highest BCUT2D eigenvalue weighted by Gasteiger charge is 2.33. The second-order valence-electron chi connectivity index (χ2n) is 15.1. The Bertz CT molecular complexity index is 2010. The highest BCUT2D eigenvalue weighted by atomic mass is 32.2. The average Bonchev–Trinajstić information content (AvgIpc) is 3.16. The van der Waals surface area contributed by atoms with Crippen molar-refractivity contribution in [1.82, 2.24) is 15.0 Å². The monoisotopic (exact) mass is 978 g/mol. The van der Waals surface area contributed by atoms with E-state index in [0.29, 0.717) is 16.7 Å². The maximum atomic E-state index is 14.3. The van der Waals surface area contributed by atoms with E-state index in [9.17, 15) is 13.7 Å². The lowest BCUT2D eigenvalue weighted by molar-refractivity contribution is 0.142. The second kappa shape index (κ2) is 24.6. The molecule has 0 aliphatic rings. The molecule has 21 heteroatoms. The molecule has 0 unspecified atom stereocenters. The number of aromatic nitrogens is 3. The molecule has 0 saturated carbocycles. The third-order valence-electron chi connectivity index (χ3n) is 6.90. The van der Waals surface area contributed by atoms with Crippen molar-refractivity contribution in [2.45, 2.75) is 135 Å². The Balaban J connectivity index is 2.02. The van der Waals surface area contributed by atoms with Gasteiger partial charge in [0.2, 0.25) is 0 Å². The van der Waals surface area contributed by atoms with Gasteiger partial charge in [0.1, 0.15) is 15.1 Å². The third-order valence-corrected chi connectivity index (χ3v) is 15.4. The summed E-state index contributed by atoms with van der Waals surface area (Å²) in [6.45, 7) is 20.9.